The molecule has 0 unspecified atom stereocenters. The summed E-state index contributed by atoms with van der Waals surface area (Å²) in [6.45, 7) is 1.38. The number of aldehydes is 1. The summed E-state index contributed by atoms with van der Waals surface area (Å²) in [6.07, 6.45) is 10.8. The maximum atomic E-state index is 10.7. The van der Waals surface area contributed by atoms with Crippen LogP contribution in [0.1, 0.15) is 42.6 Å². The average Bonchev–Trinajstić information content (AvgIpc) is 2.78. The largest absolute Gasteiger partial charge is 0.376 e. The van der Waals surface area contributed by atoms with Crippen molar-refractivity contribution < 1.29 is 9.53 Å². The molecule has 0 saturated heterocycles. The molecule has 4 heteroatoms. The molecule has 2 rings (SSSR count). The van der Waals surface area contributed by atoms with Crippen LogP contribution in [0.15, 0.2) is 12.5 Å². The molecule has 1 aliphatic carbocycles. The lowest BCUT2D eigenvalue weighted by atomic mass is 9.98. The Morgan fingerprint density at radius 3 is 3.00 bits per heavy atom. The maximum absolute atomic E-state index is 10.7. The van der Waals surface area contributed by atoms with E-state index in [1.165, 1.54) is 32.1 Å². The fourth-order valence-corrected chi connectivity index (χ4v) is 2.17. The highest BCUT2D eigenvalue weighted by molar-refractivity contribution is 5.71. The molecular formula is C12H18N2O2. The Bertz CT molecular complexity index is 330. The smallest absolute Gasteiger partial charge is 0.168 e. The van der Waals surface area contributed by atoms with Crippen molar-refractivity contribution in [1.29, 1.82) is 0 Å². The van der Waals surface area contributed by atoms with Gasteiger partial charge in [0.05, 0.1) is 25.2 Å². The molecule has 1 fully saturated rings. The van der Waals surface area contributed by atoms with Gasteiger partial charge >= 0.3 is 0 Å². The second-order valence-corrected chi connectivity index (χ2v) is 4.26. The van der Waals surface area contributed by atoms with Crippen LogP contribution in [0, 0.1) is 0 Å². The monoisotopic (exact) mass is 222 g/mol. The van der Waals surface area contributed by atoms with Gasteiger partial charge in [-0.2, -0.15) is 0 Å². The molecule has 0 atom stereocenters. The molecule has 0 N–H and O–H groups in total. The number of carbonyl (C=O) groups excluding carboxylic acids is 1. The highest BCUT2D eigenvalue weighted by Crippen LogP contribution is 2.20. The van der Waals surface area contributed by atoms with Gasteiger partial charge in [0, 0.05) is 6.54 Å². The van der Waals surface area contributed by atoms with Gasteiger partial charge in [-0.3, -0.25) is 4.79 Å². The van der Waals surface area contributed by atoms with Gasteiger partial charge < -0.3 is 9.30 Å². The molecule has 0 spiro atoms. The van der Waals surface area contributed by atoms with Crippen LogP contribution in [0.25, 0.3) is 0 Å². The third-order valence-electron chi connectivity index (χ3n) is 3.10. The molecule has 1 aliphatic rings. The van der Waals surface area contributed by atoms with E-state index in [0.29, 0.717) is 24.9 Å². The van der Waals surface area contributed by atoms with Crippen LogP contribution in [0.5, 0.6) is 0 Å². The van der Waals surface area contributed by atoms with Crippen molar-refractivity contribution >= 4 is 6.29 Å². The Morgan fingerprint density at radius 1 is 1.44 bits per heavy atom. The van der Waals surface area contributed by atoms with Crippen LogP contribution in [0.3, 0.4) is 0 Å². The van der Waals surface area contributed by atoms with Crippen LogP contribution in [0.2, 0.25) is 0 Å². The number of ether oxygens (including phenoxy) is 1. The highest BCUT2D eigenvalue weighted by atomic mass is 16.5. The summed E-state index contributed by atoms with van der Waals surface area (Å²) >= 11 is 0. The van der Waals surface area contributed by atoms with E-state index in [1.54, 1.807) is 12.5 Å². The molecule has 0 aromatic carbocycles. The van der Waals surface area contributed by atoms with Gasteiger partial charge in [-0.15, -0.1) is 0 Å². The molecular weight excluding hydrogens is 204 g/mol. The Kier molecular flexibility index (Phi) is 4.10. The standard InChI is InChI=1S/C12H18N2O2/c15-9-11-8-13-10-14(11)6-7-16-12-4-2-1-3-5-12/h8-10,12H,1-7H2. The minimum absolute atomic E-state index is 0.428. The zero-order valence-corrected chi connectivity index (χ0v) is 9.47. The number of hydrogen-bond acceptors (Lipinski definition) is 3. The number of hydrogen-bond donors (Lipinski definition) is 0. The minimum Gasteiger partial charge on any atom is -0.376 e. The first-order chi connectivity index (χ1) is 7.90. The van der Waals surface area contributed by atoms with E-state index in [0.717, 1.165) is 6.29 Å². The molecule has 1 aromatic heterocycles. The van der Waals surface area contributed by atoms with Gasteiger partial charge in [0.15, 0.2) is 6.29 Å². The Labute approximate surface area is 95.6 Å². The van der Waals surface area contributed by atoms with Crippen molar-refractivity contribution in [2.24, 2.45) is 0 Å². The molecule has 1 aromatic rings. The van der Waals surface area contributed by atoms with Crippen molar-refractivity contribution in [3.63, 3.8) is 0 Å². The van der Waals surface area contributed by atoms with Crippen LogP contribution in [-0.2, 0) is 11.3 Å². The summed E-state index contributed by atoms with van der Waals surface area (Å²) in [7, 11) is 0. The molecule has 88 valence electrons. The van der Waals surface area contributed by atoms with Crippen LogP contribution in [0.4, 0.5) is 0 Å². The second-order valence-electron chi connectivity index (χ2n) is 4.26. The van der Waals surface area contributed by atoms with Crippen molar-refractivity contribution in [3.05, 3.63) is 18.2 Å². The summed E-state index contributed by atoms with van der Waals surface area (Å²) in [4.78, 5) is 14.6. The molecule has 1 saturated carbocycles. The average molecular weight is 222 g/mol. The first-order valence-electron chi connectivity index (χ1n) is 5.97. The van der Waals surface area contributed by atoms with Crippen LogP contribution >= 0.6 is 0 Å². The summed E-state index contributed by atoms with van der Waals surface area (Å²) in [5.74, 6) is 0. The summed E-state index contributed by atoms with van der Waals surface area (Å²) < 4.78 is 7.62. The van der Waals surface area contributed by atoms with Gasteiger partial charge in [0.2, 0.25) is 0 Å². The predicted molar refractivity (Wildman–Crippen MR) is 60.4 cm³/mol. The number of carbonyl (C=O) groups is 1. The molecule has 4 nitrogen and oxygen atoms in total. The normalized spacial score (nSPS) is 17.5. The molecule has 0 amide bonds. The van der Waals surface area contributed by atoms with Crippen molar-refractivity contribution in [2.45, 2.75) is 44.8 Å². The van der Waals surface area contributed by atoms with Gasteiger partial charge in [0.25, 0.3) is 0 Å². The fourth-order valence-electron chi connectivity index (χ4n) is 2.17. The summed E-state index contributed by atoms with van der Waals surface area (Å²) in [5, 5.41) is 0. The topological polar surface area (TPSA) is 44.1 Å². The maximum Gasteiger partial charge on any atom is 0.168 e. The van der Waals surface area contributed by atoms with Gasteiger partial charge in [-0.05, 0) is 12.8 Å². The van der Waals surface area contributed by atoms with E-state index in [-0.39, 0.29) is 0 Å². The quantitative estimate of drug-likeness (QED) is 0.716. The van der Waals surface area contributed by atoms with Crippen molar-refractivity contribution in [3.8, 4) is 0 Å². The number of rotatable bonds is 5. The van der Waals surface area contributed by atoms with E-state index in [4.69, 9.17) is 4.74 Å². The fraction of sp³-hybridized carbons (Fsp3) is 0.667. The van der Waals surface area contributed by atoms with Gasteiger partial charge in [-0.25, -0.2) is 4.98 Å². The Morgan fingerprint density at radius 2 is 2.25 bits per heavy atom. The Hall–Kier alpha value is -1.16. The second kappa shape index (κ2) is 5.80. The van der Waals surface area contributed by atoms with Gasteiger partial charge in [0.1, 0.15) is 5.69 Å². The minimum atomic E-state index is 0.428. The molecule has 1 heterocycles. The SMILES string of the molecule is O=Cc1cncn1CCOC1CCCCC1. The first-order valence-corrected chi connectivity index (χ1v) is 5.97. The lowest BCUT2D eigenvalue weighted by Gasteiger charge is -2.22. The molecule has 16 heavy (non-hydrogen) atoms. The number of imidazole rings is 1. The third kappa shape index (κ3) is 2.92. The first kappa shape index (κ1) is 11.3. The van der Waals surface area contributed by atoms with E-state index in [1.807, 2.05) is 4.57 Å². The third-order valence-corrected chi connectivity index (χ3v) is 3.10. The van der Waals surface area contributed by atoms with E-state index >= 15 is 0 Å². The predicted octanol–water partition coefficient (Wildman–Crippen LogP) is 2.04. The van der Waals surface area contributed by atoms with Crippen LogP contribution in [-0.4, -0.2) is 28.5 Å². The summed E-state index contributed by atoms with van der Waals surface area (Å²) in [6, 6.07) is 0. The molecule has 0 radical (unpaired) electrons. The van der Waals surface area contributed by atoms with E-state index in [2.05, 4.69) is 4.98 Å². The van der Waals surface area contributed by atoms with Crippen molar-refractivity contribution in [1.82, 2.24) is 9.55 Å². The van der Waals surface area contributed by atoms with Crippen LogP contribution < -0.4 is 0 Å². The number of nitrogens with zero attached hydrogens (tertiary/aromatic N) is 2. The van der Waals surface area contributed by atoms with E-state index < -0.39 is 0 Å². The Balaban J connectivity index is 1.73. The van der Waals surface area contributed by atoms with Crippen molar-refractivity contribution in [2.75, 3.05) is 6.61 Å². The zero-order chi connectivity index (χ0) is 11.2. The molecule has 0 aliphatic heterocycles. The highest BCUT2D eigenvalue weighted by Gasteiger charge is 2.13. The van der Waals surface area contributed by atoms with Gasteiger partial charge in [-0.1, -0.05) is 19.3 Å². The lowest BCUT2D eigenvalue weighted by Crippen LogP contribution is -2.19. The lowest BCUT2D eigenvalue weighted by molar-refractivity contribution is 0.0239. The van der Waals surface area contributed by atoms with E-state index in [9.17, 15) is 4.79 Å². The summed E-state index contributed by atoms with van der Waals surface area (Å²) in [5.41, 5.74) is 0.618. The number of aromatic nitrogens is 2. The molecule has 0 bridgehead atoms. The zero-order valence-electron chi connectivity index (χ0n) is 9.47.